The van der Waals surface area contributed by atoms with Gasteiger partial charge in [0.25, 0.3) is 0 Å². The molecule has 1 amide bonds. The number of nitrogens with zero attached hydrogens (tertiary/aromatic N) is 3. The van der Waals surface area contributed by atoms with Gasteiger partial charge in [-0.15, -0.1) is 10.2 Å². The predicted molar refractivity (Wildman–Crippen MR) is 74.7 cm³/mol. The molecule has 98 valence electrons. The SMILES string of the molecule is CCNC(=O)CSc1ccc(-c2cccnc2)nn1. The summed E-state index contributed by atoms with van der Waals surface area (Å²) in [5.74, 6) is 0.361. The first kappa shape index (κ1) is 13.5. The fraction of sp³-hybridized carbons (Fsp3) is 0.231. The normalized spacial score (nSPS) is 10.2. The number of nitrogens with one attached hydrogen (secondary N) is 1. The van der Waals surface area contributed by atoms with Gasteiger partial charge in [-0.05, 0) is 31.2 Å². The maximum atomic E-state index is 11.3. The molecule has 19 heavy (non-hydrogen) atoms. The molecular weight excluding hydrogens is 260 g/mol. The van der Waals surface area contributed by atoms with Crippen LogP contribution in [-0.4, -0.2) is 33.4 Å². The summed E-state index contributed by atoms with van der Waals surface area (Å²) in [6, 6.07) is 7.52. The van der Waals surface area contributed by atoms with Gasteiger partial charge >= 0.3 is 0 Å². The van der Waals surface area contributed by atoms with Crippen molar-refractivity contribution >= 4 is 17.7 Å². The molecule has 0 unspecified atom stereocenters. The lowest BCUT2D eigenvalue weighted by molar-refractivity contribution is -0.118. The topological polar surface area (TPSA) is 67.8 Å². The molecule has 2 aromatic rings. The Bertz CT molecular complexity index is 530. The molecule has 5 nitrogen and oxygen atoms in total. The summed E-state index contributed by atoms with van der Waals surface area (Å²) in [6.07, 6.45) is 3.46. The van der Waals surface area contributed by atoms with E-state index in [4.69, 9.17) is 0 Å². The van der Waals surface area contributed by atoms with Crippen LogP contribution in [0.4, 0.5) is 0 Å². The highest BCUT2D eigenvalue weighted by atomic mass is 32.2. The Balaban J connectivity index is 1.97. The van der Waals surface area contributed by atoms with E-state index in [1.165, 1.54) is 11.8 Å². The number of rotatable bonds is 5. The first-order chi connectivity index (χ1) is 9.29. The second-order valence-electron chi connectivity index (χ2n) is 3.74. The summed E-state index contributed by atoms with van der Waals surface area (Å²) >= 11 is 1.37. The average molecular weight is 274 g/mol. The van der Waals surface area contributed by atoms with Crippen LogP contribution in [0.2, 0.25) is 0 Å². The van der Waals surface area contributed by atoms with Gasteiger partial charge in [-0.2, -0.15) is 0 Å². The Morgan fingerprint density at radius 2 is 2.21 bits per heavy atom. The highest BCUT2D eigenvalue weighted by Gasteiger charge is 2.04. The van der Waals surface area contributed by atoms with Gasteiger partial charge in [0.05, 0.1) is 11.4 Å². The van der Waals surface area contributed by atoms with Gasteiger partial charge in [-0.1, -0.05) is 11.8 Å². The molecule has 6 heteroatoms. The van der Waals surface area contributed by atoms with E-state index in [1.54, 1.807) is 12.4 Å². The molecule has 0 saturated heterocycles. The first-order valence-electron chi connectivity index (χ1n) is 5.93. The monoisotopic (exact) mass is 274 g/mol. The number of thioether (sulfide) groups is 1. The first-order valence-corrected chi connectivity index (χ1v) is 6.92. The van der Waals surface area contributed by atoms with Crippen molar-refractivity contribution in [2.75, 3.05) is 12.3 Å². The largest absolute Gasteiger partial charge is 0.356 e. The summed E-state index contributed by atoms with van der Waals surface area (Å²) in [5, 5.41) is 11.7. The minimum Gasteiger partial charge on any atom is -0.356 e. The maximum Gasteiger partial charge on any atom is 0.230 e. The fourth-order valence-corrected chi connectivity index (χ4v) is 2.10. The molecule has 0 aromatic carbocycles. The zero-order valence-electron chi connectivity index (χ0n) is 10.5. The van der Waals surface area contributed by atoms with Crippen molar-refractivity contribution in [2.45, 2.75) is 11.9 Å². The van der Waals surface area contributed by atoms with Crippen molar-refractivity contribution in [2.24, 2.45) is 0 Å². The van der Waals surface area contributed by atoms with Crippen LogP contribution in [0.5, 0.6) is 0 Å². The lowest BCUT2D eigenvalue weighted by Crippen LogP contribution is -2.24. The van der Waals surface area contributed by atoms with Crippen LogP contribution in [-0.2, 0) is 4.79 Å². The minimum atomic E-state index is 0.00522. The van der Waals surface area contributed by atoms with Gasteiger partial charge in [0.1, 0.15) is 5.03 Å². The highest BCUT2D eigenvalue weighted by molar-refractivity contribution is 7.99. The van der Waals surface area contributed by atoms with E-state index in [0.717, 1.165) is 16.3 Å². The molecule has 0 aliphatic carbocycles. The number of hydrogen-bond acceptors (Lipinski definition) is 5. The molecule has 1 N–H and O–H groups in total. The molecule has 2 rings (SSSR count). The van der Waals surface area contributed by atoms with Gasteiger partial charge in [-0.3, -0.25) is 9.78 Å². The standard InChI is InChI=1S/C13H14N4OS/c1-2-15-12(18)9-19-13-6-5-11(16-17-13)10-4-3-7-14-8-10/h3-8H,2,9H2,1H3,(H,15,18). The Hall–Kier alpha value is -1.95. The second-order valence-corrected chi connectivity index (χ2v) is 4.74. The van der Waals surface area contributed by atoms with Crippen molar-refractivity contribution in [3.63, 3.8) is 0 Å². The summed E-state index contributed by atoms with van der Waals surface area (Å²) in [6.45, 7) is 2.54. The van der Waals surface area contributed by atoms with Gasteiger partial charge < -0.3 is 5.32 Å². The van der Waals surface area contributed by atoms with Gasteiger partial charge in [0, 0.05) is 24.5 Å². The number of aromatic nitrogens is 3. The molecule has 0 aliphatic heterocycles. The molecule has 2 aromatic heterocycles. The van der Waals surface area contributed by atoms with Crippen LogP contribution in [0.1, 0.15) is 6.92 Å². The number of carbonyl (C=O) groups excluding carboxylic acids is 1. The van der Waals surface area contributed by atoms with Crippen LogP contribution in [0.15, 0.2) is 41.7 Å². The molecular formula is C13H14N4OS. The fourth-order valence-electron chi connectivity index (χ4n) is 1.45. The van der Waals surface area contributed by atoms with Crippen molar-refractivity contribution in [3.05, 3.63) is 36.7 Å². The van der Waals surface area contributed by atoms with Crippen molar-refractivity contribution in [3.8, 4) is 11.3 Å². The zero-order valence-corrected chi connectivity index (χ0v) is 11.4. The molecule has 0 bridgehead atoms. The van der Waals surface area contributed by atoms with Gasteiger partial charge in [-0.25, -0.2) is 0 Å². The lowest BCUT2D eigenvalue weighted by Gasteiger charge is -2.02. The quantitative estimate of drug-likeness (QED) is 0.842. The van der Waals surface area contributed by atoms with E-state index in [9.17, 15) is 4.79 Å². The van der Waals surface area contributed by atoms with E-state index < -0.39 is 0 Å². The van der Waals surface area contributed by atoms with Crippen molar-refractivity contribution in [1.29, 1.82) is 0 Å². The van der Waals surface area contributed by atoms with Crippen LogP contribution in [0, 0.1) is 0 Å². The highest BCUT2D eigenvalue weighted by Crippen LogP contribution is 2.18. The van der Waals surface area contributed by atoms with E-state index in [0.29, 0.717) is 12.3 Å². The Morgan fingerprint density at radius 3 is 2.84 bits per heavy atom. The van der Waals surface area contributed by atoms with Crippen LogP contribution >= 0.6 is 11.8 Å². The number of hydrogen-bond donors (Lipinski definition) is 1. The number of amides is 1. The van der Waals surface area contributed by atoms with E-state index in [1.807, 2.05) is 31.2 Å². The Kier molecular flexibility index (Phi) is 4.85. The van der Waals surface area contributed by atoms with Gasteiger partial charge in [0.15, 0.2) is 0 Å². The number of carbonyl (C=O) groups is 1. The smallest absolute Gasteiger partial charge is 0.230 e. The van der Waals surface area contributed by atoms with Gasteiger partial charge in [0.2, 0.25) is 5.91 Å². The third-order valence-corrected chi connectivity index (χ3v) is 3.24. The second kappa shape index (κ2) is 6.84. The Labute approximate surface area is 115 Å². The summed E-state index contributed by atoms with van der Waals surface area (Å²) in [4.78, 5) is 15.4. The average Bonchev–Trinajstić information content (AvgIpc) is 2.47. The predicted octanol–water partition coefficient (Wildman–Crippen LogP) is 1.77. The lowest BCUT2D eigenvalue weighted by atomic mass is 10.2. The van der Waals surface area contributed by atoms with Crippen LogP contribution < -0.4 is 5.32 Å². The van der Waals surface area contributed by atoms with Crippen molar-refractivity contribution in [1.82, 2.24) is 20.5 Å². The van der Waals surface area contributed by atoms with E-state index in [2.05, 4.69) is 20.5 Å². The van der Waals surface area contributed by atoms with Crippen LogP contribution in [0.25, 0.3) is 11.3 Å². The summed E-state index contributed by atoms with van der Waals surface area (Å²) < 4.78 is 0. The molecule has 0 atom stereocenters. The van der Waals surface area contributed by atoms with Crippen LogP contribution in [0.3, 0.4) is 0 Å². The molecule has 0 saturated carbocycles. The zero-order chi connectivity index (χ0) is 13.5. The summed E-state index contributed by atoms with van der Waals surface area (Å²) in [7, 11) is 0. The molecule has 0 fully saturated rings. The maximum absolute atomic E-state index is 11.3. The van der Waals surface area contributed by atoms with E-state index in [-0.39, 0.29) is 5.91 Å². The molecule has 0 radical (unpaired) electrons. The Morgan fingerprint density at radius 1 is 1.32 bits per heavy atom. The minimum absolute atomic E-state index is 0.00522. The number of pyridine rings is 1. The third kappa shape index (κ3) is 4.03. The van der Waals surface area contributed by atoms with E-state index >= 15 is 0 Å². The molecule has 0 aliphatic rings. The molecule has 0 spiro atoms. The summed E-state index contributed by atoms with van der Waals surface area (Å²) in [5.41, 5.74) is 1.70. The van der Waals surface area contributed by atoms with Crippen molar-refractivity contribution < 1.29 is 4.79 Å². The molecule has 2 heterocycles. The third-order valence-electron chi connectivity index (χ3n) is 2.32.